The van der Waals surface area contributed by atoms with E-state index in [1.54, 1.807) is 0 Å². The van der Waals surface area contributed by atoms with Crippen LogP contribution in [0.1, 0.15) is 22.3 Å². The molecule has 0 aliphatic heterocycles. The van der Waals surface area contributed by atoms with Gasteiger partial charge in [-0.2, -0.15) is 5.26 Å². The average molecular weight is 236 g/mol. The van der Waals surface area contributed by atoms with E-state index in [0.29, 0.717) is 6.54 Å². The number of hydrogen-bond donors (Lipinski definition) is 1. The van der Waals surface area contributed by atoms with Crippen LogP contribution in [0.25, 0.3) is 11.1 Å². The van der Waals surface area contributed by atoms with Gasteiger partial charge in [-0.05, 0) is 42.2 Å². The minimum atomic E-state index is 0.505. The van der Waals surface area contributed by atoms with Crippen molar-refractivity contribution in [2.45, 2.75) is 20.4 Å². The number of nitriles is 1. The Kier molecular flexibility index (Phi) is 3.45. The quantitative estimate of drug-likeness (QED) is 0.869. The smallest absolute Gasteiger partial charge is 0.0994 e. The Morgan fingerprint density at radius 1 is 1.11 bits per heavy atom. The molecule has 2 rings (SSSR count). The van der Waals surface area contributed by atoms with Gasteiger partial charge in [0.15, 0.2) is 0 Å². The van der Waals surface area contributed by atoms with E-state index in [4.69, 9.17) is 11.0 Å². The normalized spacial score (nSPS) is 10.1. The molecule has 2 nitrogen and oxygen atoms in total. The Balaban J connectivity index is 2.62. The number of rotatable bonds is 2. The molecule has 0 saturated carbocycles. The van der Waals surface area contributed by atoms with Crippen molar-refractivity contribution in [2.75, 3.05) is 0 Å². The first-order chi connectivity index (χ1) is 8.65. The fourth-order valence-electron chi connectivity index (χ4n) is 2.05. The highest BCUT2D eigenvalue weighted by Crippen LogP contribution is 2.26. The number of aryl methyl sites for hydroxylation is 2. The van der Waals surface area contributed by atoms with Gasteiger partial charge in [-0.25, -0.2) is 0 Å². The maximum Gasteiger partial charge on any atom is 0.0994 e. The van der Waals surface area contributed by atoms with E-state index in [1.165, 1.54) is 5.56 Å². The zero-order valence-corrected chi connectivity index (χ0v) is 10.7. The summed E-state index contributed by atoms with van der Waals surface area (Å²) in [5.41, 5.74) is 12.0. The lowest BCUT2D eigenvalue weighted by Gasteiger charge is -2.10. The van der Waals surface area contributed by atoms with Gasteiger partial charge in [-0.1, -0.05) is 35.9 Å². The summed E-state index contributed by atoms with van der Waals surface area (Å²) in [6.45, 7) is 4.51. The van der Waals surface area contributed by atoms with E-state index in [-0.39, 0.29) is 0 Å². The van der Waals surface area contributed by atoms with Crippen molar-refractivity contribution in [3.05, 3.63) is 58.7 Å². The van der Waals surface area contributed by atoms with E-state index in [2.05, 4.69) is 31.2 Å². The third kappa shape index (κ3) is 2.27. The Hall–Kier alpha value is -2.11. The molecule has 0 unspecified atom stereocenters. The summed E-state index contributed by atoms with van der Waals surface area (Å²) in [4.78, 5) is 0. The fourth-order valence-corrected chi connectivity index (χ4v) is 2.05. The highest BCUT2D eigenvalue weighted by Gasteiger charge is 2.06. The van der Waals surface area contributed by atoms with Crippen molar-refractivity contribution in [2.24, 2.45) is 5.73 Å². The lowest BCUT2D eigenvalue weighted by Crippen LogP contribution is -1.99. The SMILES string of the molecule is Cc1ccc(CN)c(-c2ccc(C)c(C#N)c2)c1. The first-order valence-electron chi connectivity index (χ1n) is 5.96. The van der Waals surface area contributed by atoms with Crippen LogP contribution in [0.4, 0.5) is 0 Å². The summed E-state index contributed by atoms with van der Waals surface area (Å²) < 4.78 is 0. The summed E-state index contributed by atoms with van der Waals surface area (Å²) >= 11 is 0. The van der Waals surface area contributed by atoms with Crippen LogP contribution < -0.4 is 5.73 Å². The Labute approximate surface area is 108 Å². The van der Waals surface area contributed by atoms with E-state index in [9.17, 15) is 0 Å². The van der Waals surface area contributed by atoms with Crippen LogP contribution in [0.3, 0.4) is 0 Å². The van der Waals surface area contributed by atoms with Crippen molar-refractivity contribution in [3.63, 3.8) is 0 Å². The highest BCUT2D eigenvalue weighted by atomic mass is 14.5. The van der Waals surface area contributed by atoms with E-state index >= 15 is 0 Å². The minimum absolute atomic E-state index is 0.505. The summed E-state index contributed by atoms with van der Waals surface area (Å²) in [5.74, 6) is 0. The van der Waals surface area contributed by atoms with Gasteiger partial charge >= 0.3 is 0 Å². The Morgan fingerprint density at radius 3 is 2.56 bits per heavy atom. The third-order valence-corrected chi connectivity index (χ3v) is 3.15. The zero-order chi connectivity index (χ0) is 13.1. The molecule has 0 amide bonds. The summed E-state index contributed by atoms with van der Waals surface area (Å²) in [5, 5.41) is 9.10. The van der Waals surface area contributed by atoms with Crippen molar-refractivity contribution in [1.82, 2.24) is 0 Å². The average Bonchev–Trinajstić information content (AvgIpc) is 2.39. The molecule has 0 spiro atoms. The second kappa shape index (κ2) is 5.03. The van der Waals surface area contributed by atoms with Crippen LogP contribution in [0.15, 0.2) is 36.4 Å². The van der Waals surface area contributed by atoms with Crippen LogP contribution in [0.2, 0.25) is 0 Å². The first-order valence-corrected chi connectivity index (χ1v) is 5.96. The molecular weight excluding hydrogens is 220 g/mol. The van der Waals surface area contributed by atoms with Crippen LogP contribution in [-0.2, 0) is 6.54 Å². The molecule has 90 valence electrons. The van der Waals surface area contributed by atoms with Gasteiger partial charge in [0.1, 0.15) is 0 Å². The number of hydrogen-bond acceptors (Lipinski definition) is 2. The number of benzene rings is 2. The largest absolute Gasteiger partial charge is 0.326 e. The van der Waals surface area contributed by atoms with Crippen molar-refractivity contribution in [1.29, 1.82) is 5.26 Å². The minimum Gasteiger partial charge on any atom is -0.326 e. The van der Waals surface area contributed by atoms with Gasteiger partial charge in [0.2, 0.25) is 0 Å². The van der Waals surface area contributed by atoms with Gasteiger partial charge < -0.3 is 5.73 Å². The molecule has 2 heteroatoms. The standard InChI is InChI=1S/C16H16N2/c1-11-3-5-14(9-17)16(7-11)13-6-4-12(2)15(8-13)10-18/h3-8H,9,17H2,1-2H3. The van der Waals surface area contributed by atoms with Gasteiger partial charge in [-0.3, -0.25) is 0 Å². The maximum absolute atomic E-state index is 9.10. The number of nitrogens with zero attached hydrogens (tertiary/aromatic N) is 1. The van der Waals surface area contributed by atoms with Gasteiger partial charge in [0.05, 0.1) is 11.6 Å². The first kappa shape index (κ1) is 12.3. The predicted octanol–water partition coefficient (Wildman–Crippen LogP) is 3.30. The molecule has 0 aliphatic carbocycles. The maximum atomic E-state index is 9.10. The summed E-state index contributed by atoms with van der Waals surface area (Å²) in [6, 6.07) is 14.4. The van der Waals surface area contributed by atoms with Gasteiger partial charge in [0.25, 0.3) is 0 Å². The molecule has 18 heavy (non-hydrogen) atoms. The lowest BCUT2D eigenvalue weighted by molar-refractivity contribution is 1.07. The van der Waals surface area contributed by atoms with Crippen molar-refractivity contribution in [3.8, 4) is 17.2 Å². The van der Waals surface area contributed by atoms with E-state index in [0.717, 1.165) is 27.8 Å². The monoisotopic (exact) mass is 236 g/mol. The molecule has 2 aromatic rings. The van der Waals surface area contributed by atoms with Crippen molar-refractivity contribution >= 4 is 0 Å². The third-order valence-electron chi connectivity index (χ3n) is 3.15. The van der Waals surface area contributed by atoms with Crippen LogP contribution in [0, 0.1) is 25.2 Å². The van der Waals surface area contributed by atoms with Crippen LogP contribution >= 0.6 is 0 Å². The lowest BCUT2D eigenvalue weighted by atomic mass is 9.95. The fraction of sp³-hybridized carbons (Fsp3) is 0.188. The molecule has 0 bridgehead atoms. The molecular formula is C16H16N2. The van der Waals surface area contributed by atoms with Crippen LogP contribution in [-0.4, -0.2) is 0 Å². The second-order valence-electron chi connectivity index (χ2n) is 4.51. The number of nitrogens with two attached hydrogens (primary N) is 1. The molecule has 0 atom stereocenters. The molecule has 0 fully saturated rings. The molecule has 0 aromatic heterocycles. The summed E-state index contributed by atoms with van der Waals surface area (Å²) in [7, 11) is 0. The predicted molar refractivity (Wildman–Crippen MR) is 74.0 cm³/mol. The van der Waals surface area contributed by atoms with E-state index in [1.807, 2.05) is 25.1 Å². The molecule has 0 saturated heterocycles. The van der Waals surface area contributed by atoms with Gasteiger partial charge in [0, 0.05) is 6.54 Å². The Morgan fingerprint density at radius 2 is 1.89 bits per heavy atom. The topological polar surface area (TPSA) is 49.8 Å². The molecule has 0 aliphatic rings. The van der Waals surface area contributed by atoms with Gasteiger partial charge in [-0.15, -0.1) is 0 Å². The van der Waals surface area contributed by atoms with E-state index < -0.39 is 0 Å². The molecule has 0 heterocycles. The molecule has 0 radical (unpaired) electrons. The van der Waals surface area contributed by atoms with Crippen molar-refractivity contribution < 1.29 is 0 Å². The second-order valence-corrected chi connectivity index (χ2v) is 4.51. The molecule has 2 aromatic carbocycles. The van der Waals surface area contributed by atoms with Crippen LogP contribution in [0.5, 0.6) is 0 Å². The summed E-state index contributed by atoms with van der Waals surface area (Å²) in [6.07, 6.45) is 0. The highest BCUT2D eigenvalue weighted by molar-refractivity contribution is 5.70. The molecule has 2 N–H and O–H groups in total. The zero-order valence-electron chi connectivity index (χ0n) is 10.7. The Bertz CT molecular complexity index is 621.